The Hall–Kier alpha value is -3.45. The molecule has 3 atom stereocenters. The first-order valence-electron chi connectivity index (χ1n) is 14.6. The van der Waals surface area contributed by atoms with Gasteiger partial charge >= 0.3 is 6.09 Å². The van der Waals surface area contributed by atoms with Crippen LogP contribution in [0.1, 0.15) is 76.8 Å². The number of benzene rings is 2. The van der Waals surface area contributed by atoms with E-state index in [1.807, 2.05) is 67.6 Å². The topological polar surface area (TPSA) is 101 Å². The van der Waals surface area contributed by atoms with Crippen molar-refractivity contribution in [2.45, 2.75) is 96.2 Å². The fourth-order valence-corrected chi connectivity index (χ4v) is 4.97. The molecule has 40 heavy (non-hydrogen) atoms. The summed E-state index contributed by atoms with van der Waals surface area (Å²) in [6, 6.07) is 18.6. The Kier molecular flexibility index (Phi) is 12.4. The second-order valence-corrected chi connectivity index (χ2v) is 10.9. The predicted molar refractivity (Wildman–Crippen MR) is 160 cm³/mol. The molecule has 216 valence electrons. The summed E-state index contributed by atoms with van der Waals surface area (Å²) in [5.41, 5.74) is 1.13. The van der Waals surface area contributed by atoms with Gasteiger partial charge in [0, 0.05) is 24.0 Å². The lowest BCUT2D eigenvalue weighted by atomic mass is 9.92. The first-order chi connectivity index (χ1) is 19.3. The van der Waals surface area contributed by atoms with E-state index in [0.29, 0.717) is 6.42 Å². The molecule has 7 heteroatoms. The standard InChI is InChI=1S/C33H45N3O4/c1-4-5-6-7-8-10-15-25(2)35-32(39)40-33(3,23-27-20-21-34-30-19-14-13-18-29(27)30)31(38)36-28(24-37)22-26-16-11-9-12-17-26/h9,11-14,16-21,25,28,37H,4-8,10,15,22-24H2,1-3H3,(H,35,39)(H,36,38). The number of aliphatic hydroxyl groups excluding tert-OH is 1. The van der Waals surface area contributed by atoms with Crippen LogP contribution in [-0.2, 0) is 22.4 Å². The van der Waals surface area contributed by atoms with Gasteiger partial charge in [0.25, 0.3) is 5.91 Å². The van der Waals surface area contributed by atoms with Crippen LogP contribution in [0.15, 0.2) is 66.9 Å². The number of carbonyl (C=O) groups is 2. The smallest absolute Gasteiger partial charge is 0.408 e. The Labute approximate surface area is 238 Å². The maximum absolute atomic E-state index is 13.7. The summed E-state index contributed by atoms with van der Waals surface area (Å²) in [5.74, 6) is -0.456. The Morgan fingerprint density at radius 3 is 2.40 bits per heavy atom. The van der Waals surface area contributed by atoms with Crippen LogP contribution < -0.4 is 10.6 Å². The Bertz CT molecular complexity index is 1200. The van der Waals surface area contributed by atoms with Crippen LogP contribution in [0.3, 0.4) is 0 Å². The number of nitrogens with zero attached hydrogens (tertiary/aromatic N) is 1. The van der Waals surface area contributed by atoms with E-state index in [1.165, 1.54) is 25.7 Å². The van der Waals surface area contributed by atoms with Crippen molar-refractivity contribution in [1.29, 1.82) is 0 Å². The predicted octanol–water partition coefficient (Wildman–Crippen LogP) is 6.12. The van der Waals surface area contributed by atoms with Crippen molar-refractivity contribution in [2.24, 2.45) is 0 Å². The fraction of sp³-hybridized carbons (Fsp3) is 0.485. The first kappa shape index (κ1) is 31.1. The van der Waals surface area contributed by atoms with Crippen LogP contribution in [0, 0.1) is 0 Å². The average Bonchev–Trinajstić information content (AvgIpc) is 2.95. The number of hydrogen-bond acceptors (Lipinski definition) is 5. The van der Waals surface area contributed by atoms with E-state index in [4.69, 9.17) is 4.74 Å². The van der Waals surface area contributed by atoms with Gasteiger partial charge in [-0.25, -0.2) is 4.79 Å². The minimum atomic E-state index is -1.52. The molecule has 2 aromatic carbocycles. The third-order valence-electron chi connectivity index (χ3n) is 7.30. The number of pyridine rings is 1. The number of amides is 2. The lowest BCUT2D eigenvalue weighted by Crippen LogP contribution is -2.55. The van der Waals surface area contributed by atoms with E-state index in [1.54, 1.807) is 13.1 Å². The van der Waals surface area contributed by atoms with Gasteiger partial charge in [0.15, 0.2) is 5.60 Å². The van der Waals surface area contributed by atoms with E-state index < -0.39 is 23.6 Å². The van der Waals surface area contributed by atoms with Gasteiger partial charge in [-0.15, -0.1) is 0 Å². The molecular formula is C33H45N3O4. The minimum absolute atomic E-state index is 0.0731. The molecule has 3 aromatic rings. The molecule has 0 aliphatic carbocycles. The van der Waals surface area contributed by atoms with Crippen molar-refractivity contribution in [1.82, 2.24) is 15.6 Å². The molecule has 1 aromatic heterocycles. The SMILES string of the molecule is CCCCCCCCC(C)NC(=O)OC(C)(Cc1ccnc2ccccc12)C(=O)NC(CO)Cc1ccccc1. The van der Waals surface area contributed by atoms with Gasteiger partial charge in [-0.1, -0.05) is 94.0 Å². The zero-order chi connectivity index (χ0) is 28.8. The molecule has 1 heterocycles. The molecule has 0 saturated carbocycles. The number of hydrogen-bond donors (Lipinski definition) is 3. The van der Waals surface area contributed by atoms with Gasteiger partial charge < -0.3 is 20.5 Å². The molecule has 0 fully saturated rings. The number of fused-ring (bicyclic) bond motifs is 1. The number of unbranched alkanes of at least 4 members (excludes halogenated alkanes) is 5. The summed E-state index contributed by atoms with van der Waals surface area (Å²) < 4.78 is 5.91. The summed E-state index contributed by atoms with van der Waals surface area (Å²) in [6.07, 6.45) is 9.64. The number of alkyl carbamates (subject to hydrolysis) is 1. The number of aliphatic hydroxyl groups is 1. The van der Waals surface area contributed by atoms with Crippen LogP contribution in [0.2, 0.25) is 0 Å². The van der Waals surface area contributed by atoms with Crippen LogP contribution in [0.25, 0.3) is 10.9 Å². The summed E-state index contributed by atoms with van der Waals surface area (Å²) in [5, 5.41) is 16.8. The molecule has 7 nitrogen and oxygen atoms in total. The third-order valence-corrected chi connectivity index (χ3v) is 7.30. The number of aromatic nitrogens is 1. The molecule has 0 saturated heterocycles. The van der Waals surface area contributed by atoms with Crippen molar-refractivity contribution in [3.63, 3.8) is 0 Å². The maximum Gasteiger partial charge on any atom is 0.408 e. The number of para-hydroxylation sites is 1. The molecule has 0 bridgehead atoms. The van der Waals surface area contributed by atoms with Crippen molar-refractivity contribution >= 4 is 22.9 Å². The molecule has 0 spiro atoms. The normalized spacial score (nSPS) is 14.2. The van der Waals surface area contributed by atoms with E-state index in [-0.39, 0.29) is 19.1 Å². The van der Waals surface area contributed by atoms with E-state index in [9.17, 15) is 14.7 Å². The molecular weight excluding hydrogens is 502 g/mol. The van der Waals surface area contributed by atoms with Gasteiger partial charge in [0.1, 0.15) is 0 Å². The minimum Gasteiger partial charge on any atom is -0.433 e. The Morgan fingerprint density at radius 1 is 0.950 bits per heavy atom. The second kappa shape index (κ2) is 16.0. The van der Waals surface area contributed by atoms with Crippen molar-refractivity contribution in [2.75, 3.05) is 6.61 Å². The molecule has 3 rings (SSSR count). The van der Waals surface area contributed by atoms with Crippen LogP contribution >= 0.6 is 0 Å². The number of rotatable bonds is 16. The molecule has 0 aliphatic heterocycles. The first-order valence-corrected chi connectivity index (χ1v) is 14.6. The van der Waals surface area contributed by atoms with Gasteiger partial charge in [-0.3, -0.25) is 9.78 Å². The van der Waals surface area contributed by atoms with Crippen LogP contribution in [0.5, 0.6) is 0 Å². The summed E-state index contributed by atoms with van der Waals surface area (Å²) in [7, 11) is 0. The highest BCUT2D eigenvalue weighted by molar-refractivity contribution is 5.89. The van der Waals surface area contributed by atoms with Crippen molar-refractivity contribution in [3.8, 4) is 0 Å². The molecule has 3 unspecified atom stereocenters. The van der Waals surface area contributed by atoms with Gasteiger partial charge in [-0.05, 0) is 49.9 Å². The highest BCUT2D eigenvalue weighted by Gasteiger charge is 2.39. The van der Waals surface area contributed by atoms with Gasteiger partial charge in [0.05, 0.1) is 18.2 Å². The van der Waals surface area contributed by atoms with E-state index >= 15 is 0 Å². The third kappa shape index (κ3) is 9.63. The zero-order valence-electron chi connectivity index (χ0n) is 24.2. The molecule has 0 radical (unpaired) electrons. The van der Waals surface area contributed by atoms with Crippen molar-refractivity contribution < 1.29 is 19.4 Å². The Morgan fingerprint density at radius 2 is 1.65 bits per heavy atom. The number of ether oxygens (including phenoxy) is 1. The van der Waals surface area contributed by atoms with Crippen LogP contribution in [0.4, 0.5) is 4.79 Å². The monoisotopic (exact) mass is 547 g/mol. The largest absolute Gasteiger partial charge is 0.433 e. The lowest BCUT2D eigenvalue weighted by Gasteiger charge is -2.31. The number of nitrogens with one attached hydrogen (secondary N) is 2. The van der Waals surface area contributed by atoms with Gasteiger partial charge in [-0.2, -0.15) is 0 Å². The summed E-state index contributed by atoms with van der Waals surface area (Å²) in [4.78, 5) is 31.2. The molecule has 0 aliphatic rings. The van der Waals surface area contributed by atoms with Gasteiger partial charge in [0.2, 0.25) is 0 Å². The fourth-order valence-electron chi connectivity index (χ4n) is 4.97. The number of carbonyl (C=O) groups excluding carboxylic acids is 2. The highest BCUT2D eigenvalue weighted by Crippen LogP contribution is 2.25. The lowest BCUT2D eigenvalue weighted by molar-refractivity contribution is -0.139. The summed E-state index contributed by atoms with van der Waals surface area (Å²) in [6.45, 7) is 5.56. The molecule has 2 amide bonds. The second-order valence-electron chi connectivity index (χ2n) is 10.9. The maximum atomic E-state index is 13.7. The van der Waals surface area contributed by atoms with Crippen molar-refractivity contribution in [3.05, 3.63) is 78.0 Å². The quantitative estimate of drug-likeness (QED) is 0.188. The molecule has 3 N–H and O–H groups in total. The average molecular weight is 548 g/mol. The van der Waals surface area contributed by atoms with E-state index in [0.717, 1.165) is 41.3 Å². The van der Waals surface area contributed by atoms with E-state index in [2.05, 4.69) is 22.5 Å². The highest BCUT2D eigenvalue weighted by atomic mass is 16.6. The summed E-state index contributed by atoms with van der Waals surface area (Å²) >= 11 is 0. The zero-order valence-corrected chi connectivity index (χ0v) is 24.2. The van der Waals surface area contributed by atoms with Crippen LogP contribution in [-0.4, -0.2) is 46.4 Å². The Balaban J connectivity index is 1.72.